The van der Waals surface area contributed by atoms with Crippen molar-refractivity contribution in [1.29, 1.82) is 5.26 Å². The molecule has 0 aliphatic heterocycles. The Morgan fingerprint density at radius 2 is 1.79 bits per heavy atom. The Kier molecular flexibility index (Phi) is 5.18. The number of carbonyl (C=O) groups excluding carboxylic acids is 1. The van der Waals surface area contributed by atoms with Crippen molar-refractivity contribution < 1.29 is 9.53 Å². The number of hydrogen-bond donors (Lipinski definition) is 0. The SMILES string of the molecule is COc1ccc(-n2c(C)cc(/C=C(\C#N)C(=O)n3nc(C)cc3C)c2C)cc1. The molecule has 0 radical (unpaired) electrons. The lowest BCUT2D eigenvalue weighted by Crippen LogP contribution is -2.15. The number of nitriles is 1. The first-order valence-corrected chi connectivity index (χ1v) is 8.89. The van der Waals surface area contributed by atoms with E-state index in [0.29, 0.717) is 5.69 Å². The fourth-order valence-corrected chi connectivity index (χ4v) is 3.31. The van der Waals surface area contributed by atoms with Crippen molar-refractivity contribution in [3.8, 4) is 17.5 Å². The number of methoxy groups -OCH3 is 1. The van der Waals surface area contributed by atoms with Gasteiger partial charge in [0.15, 0.2) is 0 Å². The van der Waals surface area contributed by atoms with Crippen LogP contribution < -0.4 is 4.74 Å². The smallest absolute Gasteiger partial charge is 0.289 e. The van der Waals surface area contributed by atoms with Gasteiger partial charge in [-0.3, -0.25) is 4.79 Å². The molecule has 0 atom stereocenters. The van der Waals surface area contributed by atoms with Gasteiger partial charge in [0.05, 0.1) is 12.8 Å². The summed E-state index contributed by atoms with van der Waals surface area (Å²) in [5, 5.41) is 13.7. The molecule has 0 amide bonds. The molecule has 0 saturated heterocycles. The molecule has 28 heavy (non-hydrogen) atoms. The van der Waals surface area contributed by atoms with Crippen molar-refractivity contribution in [2.45, 2.75) is 27.7 Å². The summed E-state index contributed by atoms with van der Waals surface area (Å²) in [6.45, 7) is 7.56. The molecule has 0 spiro atoms. The predicted molar refractivity (Wildman–Crippen MR) is 108 cm³/mol. The van der Waals surface area contributed by atoms with Crippen molar-refractivity contribution in [2.75, 3.05) is 7.11 Å². The van der Waals surface area contributed by atoms with E-state index in [1.807, 2.05) is 63.2 Å². The van der Waals surface area contributed by atoms with Crippen molar-refractivity contribution in [3.05, 3.63) is 70.3 Å². The van der Waals surface area contributed by atoms with E-state index in [4.69, 9.17) is 4.74 Å². The van der Waals surface area contributed by atoms with Crippen LogP contribution in [0.4, 0.5) is 0 Å². The van der Waals surface area contributed by atoms with Gasteiger partial charge in [-0.1, -0.05) is 0 Å². The van der Waals surface area contributed by atoms with Gasteiger partial charge >= 0.3 is 0 Å². The third-order valence-corrected chi connectivity index (χ3v) is 4.65. The summed E-state index contributed by atoms with van der Waals surface area (Å²) in [5.74, 6) is 0.357. The quantitative estimate of drug-likeness (QED) is 0.508. The molecule has 6 heteroatoms. The van der Waals surface area contributed by atoms with Crippen LogP contribution in [0.3, 0.4) is 0 Å². The predicted octanol–water partition coefficient (Wildman–Crippen LogP) is 4.16. The van der Waals surface area contributed by atoms with Crippen molar-refractivity contribution in [3.63, 3.8) is 0 Å². The molecule has 3 rings (SSSR count). The Bertz CT molecular complexity index is 1110. The van der Waals surface area contributed by atoms with Crippen LogP contribution in [0.15, 0.2) is 42.0 Å². The summed E-state index contributed by atoms with van der Waals surface area (Å²) in [4.78, 5) is 12.7. The second kappa shape index (κ2) is 7.57. The van der Waals surface area contributed by atoms with E-state index >= 15 is 0 Å². The number of hydrogen-bond acceptors (Lipinski definition) is 4. The van der Waals surface area contributed by atoms with Gasteiger partial charge in [0.1, 0.15) is 17.4 Å². The average Bonchev–Trinajstić information content (AvgIpc) is 3.16. The van der Waals surface area contributed by atoms with Gasteiger partial charge in [-0.2, -0.15) is 10.4 Å². The molecule has 6 nitrogen and oxygen atoms in total. The molecule has 1 aromatic carbocycles. The van der Waals surface area contributed by atoms with Crippen LogP contribution in [-0.4, -0.2) is 27.4 Å². The molecule has 0 bridgehead atoms. The fourth-order valence-electron chi connectivity index (χ4n) is 3.31. The van der Waals surface area contributed by atoms with Crippen LogP contribution in [0.2, 0.25) is 0 Å². The Balaban J connectivity index is 2.02. The molecular weight excluding hydrogens is 352 g/mol. The van der Waals surface area contributed by atoms with Gasteiger partial charge in [0.25, 0.3) is 5.91 Å². The molecule has 2 heterocycles. The van der Waals surface area contributed by atoms with Gasteiger partial charge in [-0.25, -0.2) is 4.68 Å². The van der Waals surface area contributed by atoms with Crippen LogP contribution >= 0.6 is 0 Å². The Labute approximate surface area is 164 Å². The highest BCUT2D eigenvalue weighted by molar-refractivity contribution is 6.03. The minimum absolute atomic E-state index is 0.0428. The van der Waals surface area contributed by atoms with E-state index < -0.39 is 5.91 Å². The first-order valence-electron chi connectivity index (χ1n) is 8.89. The molecule has 142 valence electrons. The Morgan fingerprint density at radius 3 is 2.32 bits per heavy atom. The van der Waals surface area contributed by atoms with E-state index in [0.717, 1.165) is 34.1 Å². The summed E-state index contributed by atoms with van der Waals surface area (Å²) in [5.41, 5.74) is 5.23. The molecule has 0 saturated carbocycles. The number of aryl methyl sites for hydroxylation is 3. The standard InChI is InChI=1S/C22H22N4O2/c1-14-10-16(3)26(24-14)22(27)19(13-23)12-18-11-15(2)25(17(18)4)20-6-8-21(28-5)9-7-20/h6-12H,1-5H3/b19-12+. The first kappa shape index (κ1) is 19.2. The second-order valence-corrected chi connectivity index (χ2v) is 6.67. The number of rotatable bonds is 4. The molecule has 0 unspecified atom stereocenters. The zero-order valence-electron chi connectivity index (χ0n) is 16.6. The minimum Gasteiger partial charge on any atom is -0.497 e. The van der Waals surface area contributed by atoms with E-state index in [9.17, 15) is 10.1 Å². The molecule has 0 aliphatic carbocycles. The van der Waals surface area contributed by atoms with E-state index in [1.54, 1.807) is 20.1 Å². The number of carbonyl (C=O) groups is 1. The lowest BCUT2D eigenvalue weighted by molar-refractivity contribution is 0.0943. The highest BCUT2D eigenvalue weighted by Gasteiger charge is 2.17. The number of aromatic nitrogens is 3. The van der Waals surface area contributed by atoms with Gasteiger partial charge in [0, 0.05) is 22.8 Å². The maximum Gasteiger partial charge on any atom is 0.289 e. The summed E-state index contributed by atoms with van der Waals surface area (Å²) in [7, 11) is 1.63. The van der Waals surface area contributed by atoms with Crippen LogP contribution in [0, 0.1) is 39.0 Å². The van der Waals surface area contributed by atoms with Crippen molar-refractivity contribution in [1.82, 2.24) is 14.3 Å². The number of allylic oxidation sites excluding steroid dienone is 1. The number of nitrogens with zero attached hydrogens (tertiary/aromatic N) is 4. The average molecular weight is 374 g/mol. The van der Waals surface area contributed by atoms with Gasteiger partial charge in [-0.15, -0.1) is 0 Å². The topological polar surface area (TPSA) is 72.8 Å². The van der Waals surface area contributed by atoms with Crippen LogP contribution in [0.1, 0.15) is 33.1 Å². The zero-order valence-corrected chi connectivity index (χ0v) is 16.6. The van der Waals surface area contributed by atoms with Gasteiger partial charge in [-0.05, 0) is 75.7 Å². The fraction of sp³-hybridized carbons (Fsp3) is 0.227. The zero-order chi connectivity index (χ0) is 20.4. The molecule has 0 N–H and O–H groups in total. The highest BCUT2D eigenvalue weighted by Crippen LogP contribution is 2.24. The van der Waals surface area contributed by atoms with Crippen LogP contribution in [0.25, 0.3) is 11.8 Å². The van der Waals surface area contributed by atoms with E-state index in [-0.39, 0.29) is 5.57 Å². The number of ether oxygens (including phenoxy) is 1. The molecule has 3 aromatic rings. The van der Waals surface area contributed by atoms with Gasteiger partial charge in [0.2, 0.25) is 0 Å². The normalized spacial score (nSPS) is 11.4. The number of benzene rings is 1. The maximum absolute atomic E-state index is 12.7. The van der Waals surface area contributed by atoms with Crippen LogP contribution in [0.5, 0.6) is 5.75 Å². The lowest BCUT2D eigenvalue weighted by Gasteiger charge is -2.10. The second-order valence-electron chi connectivity index (χ2n) is 6.67. The molecule has 0 fully saturated rings. The Morgan fingerprint density at radius 1 is 1.11 bits per heavy atom. The molecule has 2 aromatic heterocycles. The summed E-state index contributed by atoms with van der Waals surface area (Å²) >= 11 is 0. The van der Waals surface area contributed by atoms with Crippen molar-refractivity contribution in [2.24, 2.45) is 0 Å². The lowest BCUT2D eigenvalue weighted by atomic mass is 10.1. The summed E-state index contributed by atoms with van der Waals surface area (Å²) in [6, 6.07) is 13.5. The summed E-state index contributed by atoms with van der Waals surface area (Å²) in [6.07, 6.45) is 1.63. The highest BCUT2D eigenvalue weighted by atomic mass is 16.5. The van der Waals surface area contributed by atoms with E-state index in [2.05, 4.69) is 9.67 Å². The maximum atomic E-state index is 12.7. The van der Waals surface area contributed by atoms with E-state index in [1.165, 1.54) is 4.68 Å². The monoisotopic (exact) mass is 374 g/mol. The Hall–Kier alpha value is -3.59. The van der Waals surface area contributed by atoms with Gasteiger partial charge < -0.3 is 9.30 Å². The third-order valence-electron chi connectivity index (χ3n) is 4.65. The van der Waals surface area contributed by atoms with Crippen molar-refractivity contribution >= 4 is 12.0 Å². The molecular formula is C22H22N4O2. The van der Waals surface area contributed by atoms with Crippen LogP contribution in [-0.2, 0) is 0 Å². The summed E-state index contributed by atoms with van der Waals surface area (Å²) < 4.78 is 8.57. The third kappa shape index (κ3) is 3.47. The first-order chi connectivity index (χ1) is 13.3. The molecule has 0 aliphatic rings. The minimum atomic E-state index is -0.428. The largest absolute Gasteiger partial charge is 0.497 e.